The van der Waals surface area contributed by atoms with Crippen LogP contribution in [0.4, 0.5) is 5.69 Å². The van der Waals surface area contributed by atoms with Crippen molar-refractivity contribution in [3.05, 3.63) is 65.2 Å². The molecule has 2 amide bonds. The van der Waals surface area contributed by atoms with Crippen molar-refractivity contribution < 1.29 is 9.59 Å². The summed E-state index contributed by atoms with van der Waals surface area (Å²) in [6.45, 7) is 6.48. The maximum Gasteiger partial charge on any atom is 0.313 e. The molecule has 0 saturated heterocycles. The van der Waals surface area contributed by atoms with Gasteiger partial charge in [0, 0.05) is 12.2 Å². The largest absolute Gasteiger partial charge is 0.347 e. The second kappa shape index (κ2) is 8.29. The van der Waals surface area contributed by atoms with E-state index in [9.17, 15) is 9.59 Å². The molecule has 2 rings (SSSR count). The third-order valence-electron chi connectivity index (χ3n) is 3.91. The van der Waals surface area contributed by atoms with Crippen LogP contribution in [0.5, 0.6) is 0 Å². The molecule has 4 nitrogen and oxygen atoms in total. The third kappa shape index (κ3) is 4.69. The van der Waals surface area contributed by atoms with E-state index in [2.05, 4.69) is 24.5 Å². The number of benzene rings is 2. The SMILES string of the molecule is Cc1cccc(C(C)C)c1NC(=O)C(=O)NCCc1ccccc1. The summed E-state index contributed by atoms with van der Waals surface area (Å²) in [7, 11) is 0. The van der Waals surface area contributed by atoms with Crippen molar-refractivity contribution in [3.8, 4) is 0 Å². The fourth-order valence-corrected chi connectivity index (χ4v) is 2.56. The smallest absolute Gasteiger partial charge is 0.313 e. The third-order valence-corrected chi connectivity index (χ3v) is 3.91. The van der Waals surface area contributed by atoms with Crippen LogP contribution >= 0.6 is 0 Å². The minimum absolute atomic E-state index is 0.265. The molecular weight excluding hydrogens is 300 g/mol. The maximum atomic E-state index is 12.2. The summed E-state index contributed by atoms with van der Waals surface area (Å²) in [4.78, 5) is 24.2. The van der Waals surface area contributed by atoms with E-state index in [1.54, 1.807) is 0 Å². The second-order valence-electron chi connectivity index (χ2n) is 6.14. The van der Waals surface area contributed by atoms with Crippen LogP contribution < -0.4 is 10.6 Å². The van der Waals surface area contributed by atoms with E-state index in [4.69, 9.17) is 0 Å². The predicted octanol–water partition coefficient (Wildman–Crippen LogP) is 3.42. The molecule has 0 aromatic heterocycles. The van der Waals surface area contributed by atoms with Crippen LogP contribution in [-0.4, -0.2) is 18.4 Å². The minimum Gasteiger partial charge on any atom is -0.347 e. The van der Waals surface area contributed by atoms with Gasteiger partial charge in [-0.05, 0) is 36.0 Å². The number of carbonyl (C=O) groups is 2. The van der Waals surface area contributed by atoms with Crippen LogP contribution in [0.2, 0.25) is 0 Å². The Balaban J connectivity index is 1.94. The fourth-order valence-electron chi connectivity index (χ4n) is 2.56. The molecule has 0 aliphatic rings. The molecule has 0 bridgehead atoms. The highest BCUT2D eigenvalue weighted by Gasteiger charge is 2.17. The van der Waals surface area contributed by atoms with Crippen LogP contribution in [0, 0.1) is 6.92 Å². The molecule has 0 fully saturated rings. The van der Waals surface area contributed by atoms with Gasteiger partial charge in [0.05, 0.1) is 0 Å². The molecule has 2 N–H and O–H groups in total. The summed E-state index contributed by atoms with van der Waals surface area (Å²) < 4.78 is 0. The Morgan fingerprint density at radius 2 is 1.67 bits per heavy atom. The Hall–Kier alpha value is -2.62. The molecule has 2 aromatic rings. The van der Waals surface area contributed by atoms with Gasteiger partial charge in [-0.15, -0.1) is 0 Å². The number of carbonyl (C=O) groups excluding carboxylic acids is 2. The lowest BCUT2D eigenvalue weighted by Gasteiger charge is -2.16. The van der Waals surface area contributed by atoms with E-state index in [1.165, 1.54) is 0 Å². The zero-order valence-corrected chi connectivity index (χ0v) is 14.4. The average molecular weight is 324 g/mol. The Morgan fingerprint density at radius 1 is 0.958 bits per heavy atom. The molecule has 0 aliphatic heterocycles. The van der Waals surface area contributed by atoms with Gasteiger partial charge in [0.2, 0.25) is 0 Å². The number of rotatable bonds is 5. The lowest BCUT2D eigenvalue weighted by atomic mass is 9.98. The highest BCUT2D eigenvalue weighted by atomic mass is 16.2. The van der Waals surface area contributed by atoms with Crippen molar-refractivity contribution in [2.24, 2.45) is 0 Å². The van der Waals surface area contributed by atoms with E-state index in [0.717, 1.165) is 22.4 Å². The van der Waals surface area contributed by atoms with Crippen molar-refractivity contribution in [3.63, 3.8) is 0 Å². The van der Waals surface area contributed by atoms with Crippen LogP contribution in [0.25, 0.3) is 0 Å². The first-order valence-corrected chi connectivity index (χ1v) is 8.21. The molecule has 4 heteroatoms. The van der Waals surface area contributed by atoms with Gasteiger partial charge in [0.15, 0.2) is 0 Å². The first-order valence-electron chi connectivity index (χ1n) is 8.21. The number of hydrogen-bond donors (Lipinski definition) is 2. The summed E-state index contributed by atoms with van der Waals surface area (Å²) >= 11 is 0. The molecule has 0 spiro atoms. The van der Waals surface area contributed by atoms with Crippen molar-refractivity contribution in [1.82, 2.24) is 5.32 Å². The Labute approximate surface area is 143 Å². The Morgan fingerprint density at radius 3 is 2.33 bits per heavy atom. The average Bonchev–Trinajstić information content (AvgIpc) is 2.57. The number of para-hydroxylation sites is 1. The Kier molecular flexibility index (Phi) is 6.13. The molecule has 0 unspecified atom stereocenters. The van der Waals surface area contributed by atoms with Crippen LogP contribution in [0.15, 0.2) is 48.5 Å². The quantitative estimate of drug-likeness (QED) is 0.828. The maximum absolute atomic E-state index is 12.2. The van der Waals surface area contributed by atoms with Crippen molar-refractivity contribution in [2.75, 3.05) is 11.9 Å². The van der Waals surface area contributed by atoms with Gasteiger partial charge >= 0.3 is 11.8 Å². The molecule has 24 heavy (non-hydrogen) atoms. The van der Waals surface area contributed by atoms with Gasteiger partial charge in [-0.3, -0.25) is 9.59 Å². The Bertz CT molecular complexity index is 709. The number of hydrogen-bond acceptors (Lipinski definition) is 2. The molecule has 0 aliphatic carbocycles. The van der Waals surface area contributed by atoms with Gasteiger partial charge in [-0.2, -0.15) is 0 Å². The van der Waals surface area contributed by atoms with Crippen molar-refractivity contribution >= 4 is 17.5 Å². The lowest BCUT2D eigenvalue weighted by Crippen LogP contribution is -2.36. The lowest BCUT2D eigenvalue weighted by molar-refractivity contribution is -0.136. The van der Waals surface area contributed by atoms with Crippen molar-refractivity contribution in [2.45, 2.75) is 33.1 Å². The normalized spacial score (nSPS) is 10.5. The first-order chi connectivity index (χ1) is 11.5. The van der Waals surface area contributed by atoms with Gasteiger partial charge in [0.25, 0.3) is 0 Å². The molecule has 0 heterocycles. The molecular formula is C20H24N2O2. The number of aryl methyl sites for hydroxylation is 1. The van der Waals surface area contributed by atoms with Gasteiger partial charge in [-0.25, -0.2) is 0 Å². The van der Waals surface area contributed by atoms with E-state index >= 15 is 0 Å². The van der Waals surface area contributed by atoms with Crippen LogP contribution in [0.1, 0.15) is 36.5 Å². The standard InChI is InChI=1S/C20H24N2O2/c1-14(2)17-11-7-8-15(3)18(17)22-20(24)19(23)21-13-12-16-9-5-4-6-10-16/h4-11,14H,12-13H2,1-3H3,(H,21,23)(H,22,24). The molecule has 0 radical (unpaired) electrons. The van der Waals surface area contributed by atoms with E-state index < -0.39 is 11.8 Å². The van der Waals surface area contributed by atoms with Crippen LogP contribution in [-0.2, 0) is 16.0 Å². The first kappa shape index (κ1) is 17.7. The number of nitrogens with one attached hydrogen (secondary N) is 2. The van der Waals surface area contributed by atoms with E-state index in [-0.39, 0.29) is 5.92 Å². The van der Waals surface area contributed by atoms with Gasteiger partial charge in [0.1, 0.15) is 0 Å². The molecule has 126 valence electrons. The predicted molar refractivity (Wildman–Crippen MR) is 97.1 cm³/mol. The summed E-state index contributed by atoms with van der Waals surface area (Å²) in [5.41, 5.74) is 3.84. The van der Waals surface area contributed by atoms with Crippen molar-refractivity contribution in [1.29, 1.82) is 0 Å². The van der Waals surface area contributed by atoms with Gasteiger partial charge in [-0.1, -0.05) is 62.4 Å². The fraction of sp³-hybridized carbons (Fsp3) is 0.300. The summed E-state index contributed by atoms with van der Waals surface area (Å²) in [5.74, 6) is -0.968. The van der Waals surface area contributed by atoms with E-state index in [0.29, 0.717) is 13.0 Å². The van der Waals surface area contributed by atoms with E-state index in [1.807, 2.05) is 55.5 Å². The van der Waals surface area contributed by atoms with Crippen LogP contribution in [0.3, 0.4) is 0 Å². The summed E-state index contributed by atoms with van der Waals surface area (Å²) in [5, 5.41) is 5.43. The zero-order valence-electron chi connectivity index (χ0n) is 14.4. The minimum atomic E-state index is -0.626. The number of amides is 2. The topological polar surface area (TPSA) is 58.2 Å². The molecule has 0 atom stereocenters. The highest BCUT2D eigenvalue weighted by Crippen LogP contribution is 2.27. The van der Waals surface area contributed by atoms with Gasteiger partial charge < -0.3 is 10.6 Å². The summed E-state index contributed by atoms with van der Waals surface area (Å²) in [6.07, 6.45) is 0.696. The summed E-state index contributed by atoms with van der Waals surface area (Å²) in [6, 6.07) is 15.7. The monoisotopic (exact) mass is 324 g/mol. The second-order valence-corrected chi connectivity index (χ2v) is 6.14. The molecule has 0 saturated carbocycles. The number of anilines is 1. The molecule has 2 aromatic carbocycles. The highest BCUT2D eigenvalue weighted by molar-refractivity contribution is 6.39. The zero-order chi connectivity index (χ0) is 17.5.